The zero-order valence-electron chi connectivity index (χ0n) is 14.4. The van der Waals surface area contributed by atoms with Crippen molar-refractivity contribution in [2.24, 2.45) is 5.10 Å². The van der Waals surface area contributed by atoms with E-state index >= 15 is 0 Å². The average molecular weight is 369 g/mol. The number of hydrogen-bond donors (Lipinski definition) is 3. The number of nitrogens with one attached hydrogen (secondary N) is 2. The Morgan fingerprint density at radius 1 is 1.00 bits per heavy atom. The third-order valence-electron chi connectivity index (χ3n) is 3.37. The minimum absolute atomic E-state index is 0.345. The van der Waals surface area contributed by atoms with E-state index in [2.05, 4.69) is 15.8 Å². The highest BCUT2D eigenvalue weighted by molar-refractivity contribution is 6.35. The van der Waals surface area contributed by atoms with Crippen molar-refractivity contribution in [3.63, 3.8) is 0 Å². The van der Waals surface area contributed by atoms with Gasteiger partial charge in [-0.25, -0.2) is 10.2 Å². The lowest BCUT2D eigenvalue weighted by molar-refractivity contribution is -0.139. The summed E-state index contributed by atoms with van der Waals surface area (Å²) in [7, 11) is 0. The fourth-order valence-corrected chi connectivity index (χ4v) is 2.06. The predicted octanol–water partition coefficient (Wildman–Crippen LogP) is 0.959. The molecule has 27 heavy (non-hydrogen) atoms. The van der Waals surface area contributed by atoms with Gasteiger partial charge in [-0.2, -0.15) is 5.10 Å². The molecule has 2 aromatic carbocycles. The molecule has 0 fully saturated rings. The van der Waals surface area contributed by atoms with Gasteiger partial charge in [0.15, 0.2) is 6.61 Å². The van der Waals surface area contributed by atoms with Gasteiger partial charge in [0.2, 0.25) is 0 Å². The second-order valence-electron chi connectivity index (χ2n) is 5.44. The van der Waals surface area contributed by atoms with Gasteiger partial charge in [0.1, 0.15) is 5.75 Å². The molecule has 2 amide bonds. The first-order valence-electron chi connectivity index (χ1n) is 8.14. The molecule has 0 spiro atoms. The summed E-state index contributed by atoms with van der Waals surface area (Å²) in [4.78, 5) is 33.8. The van der Waals surface area contributed by atoms with Crippen molar-refractivity contribution in [3.8, 4) is 5.75 Å². The van der Waals surface area contributed by atoms with Crippen molar-refractivity contribution in [2.75, 3.05) is 13.2 Å². The second-order valence-corrected chi connectivity index (χ2v) is 5.44. The summed E-state index contributed by atoms with van der Waals surface area (Å²) in [5, 5.41) is 14.8. The van der Waals surface area contributed by atoms with Crippen molar-refractivity contribution >= 4 is 24.0 Å². The van der Waals surface area contributed by atoms with E-state index in [-0.39, 0.29) is 0 Å². The summed E-state index contributed by atoms with van der Waals surface area (Å²) in [6.07, 6.45) is 1.98. The number of ether oxygens (including phenoxy) is 1. The number of carbonyl (C=O) groups excluding carboxylic acids is 2. The van der Waals surface area contributed by atoms with E-state index in [1.165, 1.54) is 6.21 Å². The van der Waals surface area contributed by atoms with Crippen molar-refractivity contribution in [1.82, 2.24) is 10.7 Å². The van der Waals surface area contributed by atoms with Crippen molar-refractivity contribution in [2.45, 2.75) is 6.42 Å². The number of nitrogens with zero attached hydrogens (tertiary/aromatic N) is 1. The van der Waals surface area contributed by atoms with E-state index in [9.17, 15) is 14.4 Å². The summed E-state index contributed by atoms with van der Waals surface area (Å²) in [5.74, 6) is -2.29. The van der Waals surface area contributed by atoms with Crippen molar-refractivity contribution in [3.05, 3.63) is 65.7 Å². The number of rotatable bonds is 8. The topological polar surface area (TPSA) is 117 Å². The van der Waals surface area contributed by atoms with Gasteiger partial charge in [-0.05, 0) is 41.8 Å². The molecule has 3 N–H and O–H groups in total. The molecule has 0 aliphatic heterocycles. The molecule has 0 unspecified atom stereocenters. The lowest BCUT2D eigenvalue weighted by Crippen LogP contribution is -2.38. The summed E-state index contributed by atoms with van der Waals surface area (Å²) >= 11 is 0. The van der Waals surface area contributed by atoms with E-state index < -0.39 is 24.4 Å². The fraction of sp³-hybridized carbons (Fsp3) is 0.158. The average Bonchev–Trinajstić information content (AvgIpc) is 2.68. The van der Waals surface area contributed by atoms with Crippen molar-refractivity contribution in [1.29, 1.82) is 0 Å². The van der Waals surface area contributed by atoms with Gasteiger partial charge < -0.3 is 15.2 Å². The molecule has 0 bridgehead atoms. The van der Waals surface area contributed by atoms with Crippen LogP contribution in [0.25, 0.3) is 0 Å². The molecule has 0 atom stereocenters. The number of hydrazone groups is 1. The maximum atomic E-state index is 11.7. The van der Waals surface area contributed by atoms with E-state index in [0.29, 0.717) is 24.3 Å². The molecule has 2 rings (SSSR count). The van der Waals surface area contributed by atoms with Crippen LogP contribution in [0.1, 0.15) is 11.1 Å². The molecule has 0 saturated carbocycles. The molecule has 8 heteroatoms. The zero-order chi connectivity index (χ0) is 19.5. The number of hydrogen-bond acceptors (Lipinski definition) is 5. The molecular weight excluding hydrogens is 350 g/mol. The standard InChI is InChI=1S/C19H19N3O5/c23-17(24)13-27-16-8-6-15(7-9-16)12-21-22-19(26)18(25)20-11-10-14-4-2-1-3-5-14/h1-9,12H,10-11,13H2,(H,20,25)(H,22,26)(H,23,24)/b21-12-. The molecule has 0 aromatic heterocycles. The highest BCUT2D eigenvalue weighted by atomic mass is 16.5. The van der Waals surface area contributed by atoms with Crippen LogP contribution in [0.15, 0.2) is 59.7 Å². The maximum Gasteiger partial charge on any atom is 0.341 e. The van der Waals surface area contributed by atoms with E-state index in [1.807, 2.05) is 30.3 Å². The smallest absolute Gasteiger partial charge is 0.341 e. The van der Waals surface area contributed by atoms with E-state index in [4.69, 9.17) is 9.84 Å². The molecule has 0 aliphatic rings. The van der Waals surface area contributed by atoms with Gasteiger partial charge in [-0.3, -0.25) is 9.59 Å². The number of carboxylic acid groups (broad SMARTS) is 1. The van der Waals surface area contributed by atoms with Crippen LogP contribution in [-0.4, -0.2) is 42.3 Å². The van der Waals surface area contributed by atoms with Crippen LogP contribution in [0.5, 0.6) is 5.75 Å². The number of carbonyl (C=O) groups is 3. The van der Waals surface area contributed by atoms with Crippen LogP contribution >= 0.6 is 0 Å². The molecule has 0 aliphatic carbocycles. The quantitative estimate of drug-likeness (QED) is 0.364. The predicted molar refractivity (Wildman–Crippen MR) is 98.5 cm³/mol. The Kier molecular flexibility index (Phi) is 7.52. The molecule has 140 valence electrons. The van der Waals surface area contributed by atoms with Gasteiger partial charge in [0.05, 0.1) is 6.21 Å². The van der Waals surface area contributed by atoms with Crippen LogP contribution in [0, 0.1) is 0 Å². The third kappa shape index (κ3) is 7.39. The number of benzene rings is 2. The maximum absolute atomic E-state index is 11.7. The van der Waals surface area contributed by atoms with Crippen LogP contribution in [0.3, 0.4) is 0 Å². The van der Waals surface area contributed by atoms with Crippen LogP contribution in [-0.2, 0) is 20.8 Å². The van der Waals surface area contributed by atoms with Gasteiger partial charge >= 0.3 is 17.8 Å². The molecule has 0 radical (unpaired) electrons. The zero-order valence-corrected chi connectivity index (χ0v) is 14.4. The minimum atomic E-state index is -1.06. The van der Waals surface area contributed by atoms with Crippen LogP contribution in [0.2, 0.25) is 0 Å². The number of aliphatic carboxylic acids is 1. The summed E-state index contributed by atoms with van der Waals surface area (Å²) < 4.78 is 5.00. The number of carboxylic acids is 1. The number of amides is 2. The van der Waals surface area contributed by atoms with E-state index in [1.54, 1.807) is 24.3 Å². The van der Waals surface area contributed by atoms with Crippen molar-refractivity contribution < 1.29 is 24.2 Å². The first-order chi connectivity index (χ1) is 13.0. The normalized spacial score (nSPS) is 10.4. The molecule has 2 aromatic rings. The van der Waals surface area contributed by atoms with Crippen LogP contribution < -0.4 is 15.5 Å². The van der Waals surface area contributed by atoms with E-state index in [0.717, 1.165) is 5.56 Å². The Labute approximate surface area is 155 Å². The highest BCUT2D eigenvalue weighted by Gasteiger charge is 2.11. The largest absolute Gasteiger partial charge is 0.482 e. The lowest BCUT2D eigenvalue weighted by atomic mass is 10.1. The highest BCUT2D eigenvalue weighted by Crippen LogP contribution is 2.10. The Hall–Kier alpha value is -3.68. The molecule has 0 heterocycles. The Balaban J connectivity index is 1.72. The van der Waals surface area contributed by atoms with Gasteiger partial charge in [0, 0.05) is 6.54 Å². The second kappa shape index (κ2) is 10.3. The molecular formula is C19H19N3O5. The van der Waals surface area contributed by atoms with Gasteiger partial charge in [0.25, 0.3) is 0 Å². The minimum Gasteiger partial charge on any atom is -0.482 e. The molecule has 8 nitrogen and oxygen atoms in total. The monoisotopic (exact) mass is 369 g/mol. The van der Waals surface area contributed by atoms with Gasteiger partial charge in [-0.1, -0.05) is 30.3 Å². The third-order valence-corrected chi connectivity index (χ3v) is 3.37. The first kappa shape index (κ1) is 19.6. The SMILES string of the molecule is O=C(O)COc1ccc(/C=N\NC(=O)C(=O)NCCc2ccccc2)cc1. The lowest BCUT2D eigenvalue weighted by Gasteiger charge is -2.04. The Morgan fingerprint density at radius 3 is 2.37 bits per heavy atom. The Morgan fingerprint density at radius 2 is 1.70 bits per heavy atom. The first-order valence-corrected chi connectivity index (χ1v) is 8.14. The summed E-state index contributed by atoms with van der Waals surface area (Å²) in [6.45, 7) is -0.0827. The summed E-state index contributed by atoms with van der Waals surface area (Å²) in [5.41, 5.74) is 3.85. The van der Waals surface area contributed by atoms with Crippen LogP contribution in [0.4, 0.5) is 0 Å². The molecule has 0 saturated heterocycles. The van der Waals surface area contributed by atoms with Gasteiger partial charge in [-0.15, -0.1) is 0 Å². The Bertz CT molecular complexity index is 804. The fourth-order valence-electron chi connectivity index (χ4n) is 2.06. The summed E-state index contributed by atoms with van der Waals surface area (Å²) in [6, 6.07) is 16.0.